The molecule has 11 amide bonds. The molecule has 1 aromatic carbocycles. The Morgan fingerprint density at radius 3 is 1.45 bits per heavy atom. The zero-order valence-electron chi connectivity index (χ0n) is 52.1. The minimum atomic E-state index is -1.78. The van der Waals surface area contributed by atoms with Gasteiger partial charge in [-0.05, 0) is 145 Å². The number of nitrogens with two attached hydrogens (primary N) is 6. The Morgan fingerprint density at radius 1 is 0.545 bits per heavy atom. The molecule has 22 N–H and O–H groups in total. The van der Waals surface area contributed by atoms with Gasteiger partial charge in [-0.25, -0.2) is 4.79 Å². The molecule has 1 fully saturated rings. The number of aromatic hydroxyl groups is 1. The summed E-state index contributed by atoms with van der Waals surface area (Å²) in [6.45, 7) is 11.8. The van der Waals surface area contributed by atoms with Gasteiger partial charge in [0.1, 0.15) is 60.1 Å². The number of phenols is 1. The Kier molecular flexibility index (Phi) is 34.9. The van der Waals surface area contributed by atoms with Crippen molar-refractivity contribution < 1.29 is 67.7 Å². The number of phenolic OH excluding ortho intramolecular Hbond substituents is 1. The molecule has 496 valence electrons. The van der Waals surface area contributed by atoms with Crippen LogP contribution in [0.2, 0.25) is 0 Å². The van der Waals surface area contributed by atoms with Crippen LogP contribution in [0.3, 0.4) is 0 Å². The lowest BCUT2D eigenvalue weighted by molar-refractivity contribution is -0.143. The molecule has 0 spiro atoms. The third-order valence-corrected chi connectivity index (χ3v) is 15.1. The van der Waals surface area contributed by atoms with Crippen molar-refractivity contribution in [3.63, 3.8) is 0 Å². The second-order valence-electron chi connectivity index (χ2n) is 23.6. The van der Waals surface area contributed by atoms with Crippen molar-refractivity contribution in [2.24, 2.45) is 52.2 Å². The Balaban J connectivity index is 2.46. The lowest BCUT2D eigenvalue weighted by Crippen LogP contribution is -2.61. The van der Waals surface area contributed by atoms with E-state index in [2.05, 4.69) is 42.5 Å². The van der Waals surface area contributed by atoms with E-state index < -0.39 is 157 Å². The largest absolute Gasteiger partial charge is 0.508 e. The minimum absolute atomic E-state index is 0.00212. The summed E-state index contributed by atoms with van der Waals surface area (Å²) in [4.78, 5) is 165. The van der Waals surface area contributed by atoms with Crippen LogP contribution in [0.15, 0.2) is 24.3 Å². The van der Waals surface area contributed by atoms with E-state index in [-0.39, 0.29) is 88.7 Å². The number of hydrogen-bond acceptors (Lipinski definition) is 17. The molecule has 29 nitrogen and oxygen atoms in total. The number of carboxylic acid groups (broad SMARTS) is 1. The van der Waals surface area contributed by atoms with Gasteiger partial charge in [0.05, 0.1) is 12.5 Å². The first kappa shape index (κ1) is 76.6. The molecule has 0 radical (unpaired) electrons. The normalized spacial score (nSPS) is 16.5. The molecule has 88 heavy (non-hydrogen) atoms. The van der Waals surface area contributed by atoms with Crippen LogP contribution in [0.25, 0.3) is 0 Å². The molecule has 29 heteroatoms. The van der Waals surface area contributed by atoms with E-state index in [1.807, 2.05) is 13.8 Å². The minimum Gasteiger partial charge on any atom is -0.508 e. The van der Waals surface area contributed by atoms with Crippen LogP contribution in [-0.4, -0.2) is 173 Å². The molecule has 1 saturated heterocycles. The number of primary amides is 2. The third kappa shape index (κ3) is 27.7. The predicted molar refractivity (Wildman–Crippen MR) is 327 cm³/mol. The molecule has 1 aromatic rings. The van der Waals surface area contributed by atoms with Gasteiger partial charge in [-0.2, -0.15) is 0 Å². The van der Waals surface area contributed by atoms with Crippen LogP contribution in [0.4, 0.5) is 0 Å². The van der Waals surface area contributed by atoms with Gasteiger partial charge in [0, 0.05) is 19.4 Å². The summed E-state index contributed by atoms with van der Waals surface area (Å²) >= 11 is 0. The average Bonchev–Trinajstić information content (AvgIpc) is 3.97. The number of nitrogens with zero attached hydrogens (tertiary/aromatic N) is 1. The summed E-state index contributed by atoms with van der Waals surface area (Å²) in [6, 6.07) is -7.05. The van der Waals surface area contributed by atoms with Crippen molar-refractivity contribution in [1.82, 2.24) is 47.4 Å². The SMILES string of the molecule is CC[C@H](C)[C@H](NC(=O)[C@@H]1CCCN1C(=O)[C@H](Cc1ccc(O)cc1)NC(=O)[C@@H](N)CC(C)C)C(=O)N[C@@H](CC(C)C)C(=O)N[C@@H](CCCCN)C(=O)N[C@@H](CCCCN)C(=O)N[C@@H](CC(N)=O)C(=O)N[C@@H](CCC(N)=O)C(=O)N[C@@H](CCCCN)C(=O)O. The van der Waals surface area contributed by atoms with Gasteiger partial charge in [-0.15, -0.1) is 0 Å². The van der Waals surface area contributed by atoms with Gasteiger partial charge in [-0.1, -0.05) is 60.1 Å². The Bertz CT molecular complexity index is 2470. The van der Waals surface area contributed by atoms with Crippen molar-refractivity contribution in [1.29, 1.82) is 0 Å². The predicted octanol–water partition coefficient (Wildman–Crippen LogP) is -2.12. The van der Waals surface area contributed by atoms with Crippen molar-refractivity contribution in [2.45, 2.75) is 218 Å². The molecule has 1 heterocycles. The van der Waals surface area contributed by atoms with Crippen molar-refractivity contribution in [3.8, 4) is 5.75 Å². The summed E-state index contributed by atoms with van der Waals surface area (Å²) < 4.78 is 0. The molecule has 0 saturated carbocycles. The summed E-state index contributed by atoms with van der Waals surface area (Å²) in [5.41, 5.74) is 34.8. The van der Waals surface area contributed by atoms with Crippen LogP contribution in [0.1, 0.15) is 156 Å². The van der Waals surface area contributed by atoms with Crippen LogP contribution in [-0.2, 0) is 64.0 Å². The molecule has 1 aliphatic heterocycles. The Hall–Kier alpha value is -7.50. The number of likely N-dealkylation sites (tertiary alicyclic amines) is 1. The molecule has 2 rings (SSSR count). The molecule has 11 atom stereocenters. The number of aliphatic carboxylic acids is 1. The number of unbranched alkanes of at least 4 members (excludes halogenated alkanes) is 3. The van der Waals surface area contributed by atoms with Crippen LogP contribution >= 0.6 is 0 Å². The number of nitrogens with one attached hydrogen (secondary N) is 8. The second-order valence-corrected chi connectivity index (χ2v) is 23.6. The zero-order chi connectivity index (χ0) is 66.2. The van der Waals surface area contributed by atoms with Gasteiger partial charge >= 0.3 is 5.97 Å². The number of rotatable bonds is 43. The monoisotopic (exact) mass is 1240 g/mol. The maximum Gasteiger partial charge on any atom is 0.326 e. The van der Waals surface area contributed by atoms with E-state index in [1.165, 1.54) is 17.0 Å². The standard InChI is InChI=1S/C59H101N15O14/c1-7-35(6)49(73-56(84)46-18-14-28-74(46)58(86)45(31-36-19-21-37(75)22-20-36)72-50(78)38(63)29-33(2)3)57(85)71-43(30-34(4)5)54(82)67-39(15-8-11-25-60)51(79)66-40(16-9-12-26-61)52(80)70-44(32-48(65)77)55(83)68-41(23-24-47(64)76)53(81)69-42(59(87)88)17-10-13-27-62/h19-22,33-35,38-46,49,75H,7-18,23-32,60-63H2,1-6H3,(H2,64,76)(H2,65,77)(H,66,79)(H,67,82)(H,68,83)(H,69,81)(H,70,80)(H,71,85)(H,72,78)(H,73,84)(H,87,88)/t35-,38-,39-,40-,41-,42-,43-,44-,45-,46-,49-/m0/s1. The fourth-order valence-corrected chi connectivity index (χ4v) is 9.98. The van der Waals surface area contributed by atoms with Crippen LogP contribution < -0.4 is 76.9 Å². The molecule has 0 aromatic heterocycles. The summed E-state index contributed by atoms with van der Waals surface area (Å²) in [5.74, 6) is -11.2. The molecule has 0 bridgehead atoms. The fraction of sp³-hybridized carbons (Fsp3) is 0.695. The average molecular weight is 1240 g/mol. The molecule has 0 aliphatic carbocycles. The number of hydrogen-bond donors (Lipinski definition) is 16. The topological polar surface area (TPSA) is 501 Å². The number of carboxylic acids is 1. The maximum atomic E-state index is 14.5. The van der Waals surface area contributed by atoms with Crippen LogP contribution in [0.5, 0.6) is 5.75 Å². The van der Waals surface area contributed by atoms with E-state index in [4.69, 9.17) is 34.4 Å². The van der Waals surface area contributed by atoms with E-state index in [0.29, 0.717) is 56.9 Å². The highest BCUT2D eigenvalue weighted by Crippen LogP contribution is 2.23. The lowest BCUT2D eigenvalue weighted by Gasteiger charge is -2.32. The van der Waals surface area contributed by atoms with E-state index in [0.717, 1.165) is 0 Å². The summed E-state index contributed by atoms with van der Waals surface area (Å²) in [6.07, 6.45) is 1.89. The van der Waals surface area contributed by atoms with Gasteiger partial charge < -0.3 is 92.0 Å². The Morgan fingerprint density at radius 2 is 0.989 bits per heavy atom. The number of amides is 11. The molecule has 1 aliphatic rings. The highest BCUT2D eigenvalue weighted by Gasteiger charge is 2.41. The van der Waals surface area contributed by atoms with Crippen molar-refractivity contribution in [3.05, 3.63) is 29.8 Å². The third-order valence-electron chi connectivity index (χ3n) is 15.1. The molecule has 0 unspecified atom stereocenters. The van der Waals surface area contributed by atoms with E-state index in [9.17, 15) is 67.7 Å². The van der Waals surface area contributed by atoms with Crippen molar-refractivity contribution in [2.75, 3.05) is 26.2 Å². The lowest BCUT2D eigenvalue weighted by atomic mass is 9.96. The smallest absolute Gasteiger partial charge is 0.326 e. The number of benzene rings is 1. The van der Waals surface area contributed by atoms with E-state index >= 15 is 0 Å². The summed E-state index contributed by atoms with van der Waals surface area (Å²) in [7, 11) is 0. The van der Waals surface area contributed by atoms with Crippen LogP contribution in [0, 0.1) is 17.8 Å². The van der Waals surface area contributed by atoms with Crippen molar-refractivity contribution >= 4 is 70.9 Å². The number of carbonyl (C=O) groups excluding carboxylic acids is 11. The quantitative estimate of drug-likeness (QED) is 0.0311. The van der Waals surface area contributed by atoms with E-state index in [1.54, 1.807) is 39.8 Å². The maximum absolute atomic E-state index is 14.5. The van der Waals surface area contributed by atoms with Gasteiger partial charge in [0.15, 0.2) is 0 Å². The zero-order valence-corrected chi connectivity index (χ0v) is 52.1. The highest BCUT2D eigenvalue weighted by atomic mass is 16.4. The second kappa shape index (κ2) is 40.1. The first-order valence-corrected chi connectivity index (χ1v) is 30.7. The van der Waals surface area contributed by atoms with Gasteiger partial charge in [-0.3, -0.25) is 52.7 Å². The van der Waals surface area contributed by atoms with Gasteiger partial charge in [0.25, 0.3) is 0 Å². The molecular weight excluding hydrogens is 1140 g/mol. The fourth-order valence-electron chi connectivity index (χ4n) is 9.98. The Labute approximate surface area is 515 Å². The first-order chi connectivity index (χ1) is 41.6. The number of carbonyl (C=O) groups is 12. The van der Waals surface area contributed by atoms with Gasteiger partial charge in [0.2, 0.25) is 65.0 Å². The highest BCUT2D eigenvalue weighted by molar-refractivity contribution is 5.99. The molecular formula is C59H101N15O14. The summed E-state index contributed by atoms with van der Waals surface area (Å²) in [5, 5.41) is 40.6. The first-order valence-electron chi connectivity index (χ1n) is 30.7.